The van der Waals surface area contributed by atoms with Crippen LogP contribution in [0.15, 0.2) is 29.2 Å². The van der Waals surface area contributed by atoms with E-state index in [-0.39, 0.29) is 11.5 Å². The summed E-state index contributed by atoms with van der Waals surface area (Å²) in [4.78, 5) is 23.5. The lowest BCUT2D eigenvalue weighted by molar-refractivity contribution is -0.120. The SMILES string of the molecule is COC(=O)c1cccc(S(=O)NC(=O)C(N)CC(C)C)c1. The first-order valence-electron chi connectivity index (χ1n) is 6.51. The standard InChI is InChI=1S/C14H20N2O4S/c1-9(2)7-12(15)13(17)16-21(19)11-6-4-5-10(8-11)14(18)20-3/h4-6,8-9,12H,7,15H2,1-3H3,(H,16,17). The van der Waals surface area contributed by atoms with Crippen LogP contribution in [0.25, 0.3) is 0 Å². The van der Waals surface area contributed by atoms with E-state index in [1.165, 1.54) is 13.2 Å². The van der Waals surface area contributed by atoms with Gasteiger partial charge in [-0.2, -0.15) is 0 Å². The van der Waals surface area contributed by atoms with Gasteiger partial charge in [0, 0.05) is 0 Å². The zero-order chi connectivity index (χ0) is 16.0. The highest BCUT2D eigenvalue weighted by atomic mass is 32.2. The van der Waals surface area contributed by atoms with Gasteiger partial charge in [0.05, 0.1) is 23.6 Å². The van der Waals surface area contributed by atoms with Crippen LogP contribution >= 0.6 is 0 Å². The molecule has 0 aliphatic carbocycles. The fraction of sp³-hybridized carbons (Fsp3) is 0.429. The number of hydrogen-bond acceptors (Lipinski definition) is 5. The van der Waals surface area contributed by atoms with Crippen LogP contribution in [-0.4, -0.2) is 29.2 Å². The summed E-state index contributed by atoms with van der Waals surface area (Å²) in [5.41, 5.74) is 5.99. The fourth-order valence-electron chi connectivity index (χ4n) is 1.70. The van der Waals surface area contributed by atoms with Crippen molar-refractivity contribution in [3.05, 3.63) is 29.8 Å². The van der Waals surface area contributed by atoms with Crippen LogP contribution < -0.4 is 10.5 Å². The number of hydrogen-bond donors (Lipinski definition) is 2. The highest BCUT2D eigenvalue weighted by Gasteiger charge is 2.18. The fourth-order valence-corrected chi connectivity index (χ4v) is 2.59. The van der Waals surface area contributed by atoms with Gasteiger partial charge in [-0.3, -0.25) is 9.52 Å². The second kappa shape index (κ2) is 7.90. The van der Waals surface area contributed by atoms with Gasteiger partial charge < -0.3 is 10.5 Å². The van der Waals surface area contributed by atoms with Crippen LogP contribution in [0.5, 0.6) is 0 Å². The molecule has 0 spiro atoms. The molecular weight excluding hydrogens is 292 g/mol. The third-order valence-corrected chi connectivity index (χ3v) is 3.79. The van der Waals surface area contributed by atoms with Crippen molar-refractivity contribution in [3.63, 3.8) is 0 Å². The Kier molecular flexibility index (Phi) is 6.51. The quantitative estimate of drug-likeness (QED) is 0.763. The number of benzene rings is 1. The molecule has 0 heterocycles. The van der Waals surface area contributed by atoms with Crippen LogP contribution in [0.1, 0.15) is 30.6 Å². The number of nitrogens with two attached hydrogens (primary N) is 1. The van der Waals surface area contributed by atoms with Gasteiger partial charge >= 0.3 is 5.97 Å². The normalized spacial score (nSPS) is 13.6. The highest BCUT2D eigenvalue weighted by molar-refractivity contribution is 7.83. The van der Waals surface area contributed by atoms with E-state index in [0.29, 0.717) is 11.3 Å². The molecule has 0 fully saturated rings. The van der Waals surface area contributed by atoms with E-state index in [1.54, 1.807) is 18.2 Å². The third kappa shape index (κ3) is 5.28. The minimum absolute atomic E-state index is 0.266. The Morgan fingerprint density at radius 2 is 2.05 bits per heavy atom. The van der Waals surface area contributed by atoms with Gasteiger partial charge in [-0.25, -0.2) is 9.00 Å². The van der Waals surface area contributed by atoms with Crippen LogP contribution in [0.4, 0.5) is 0 Å². The summed E-state index contributed by atoms with van der Waals surface area (Å²) in [6.07, 6.45) is 0.505. The molecule has 0 aliphatic heterocycles. The molecule has 0 aromatic heterocycles. The molecule has 21 heavy (non-hydrogen) atoms. The second-order valence-electron chi connectivity index (χ2n) is 4.99. The number of carbonyl (C=O) groups excluding carboxylic acids is 2. The van der Waals surface area contributed by atoms with Gasteiger partial charge in [0.1, 0.15) is 0 Å². The lowest BCUT2D eigenvalue weighted by atomic mass is 10.0. The summed E-state index contributed by atoms with van der Waals surface area (Å²) >= 11 is 0. The van der Waals surface area contributed by atoms with Crippen molar-refractivity contribution in [2.24, 2.45) is 11.7 Å². The van der Waals surface area contributed by atoms with Crippen molar-refractivity contribution in [2.45, 2.75) is 31.2 Å². The molecule has 1 amide bonds. The first kappa shape index (κ1) is 17.3. The zero-order valence-corrected chi connectivity index (χ0v) is 13.1. The van der Waals surface area contributed by atoms with Crippen LogP contribution in [0, 0.1) is 5.92 Å². The van der Waals surface area contributed by atoms with Crippen LogP contribution in [0.3, 0.4) is 0 Å². The Hall–Kier alpha value is -1.73. The number of rotatable bonds is 6. The van der Waals surface area contributed by atoms with E-state index < -0.39 is 28.9 Å². The summed E-state index contributed by atoms with van der Waals surface area (Å²) in [6, 6.07) is 5.36. The lowest BCUT2D eigenvalue weighted by Gasteiger charge is -2.13. The maximum absolute atomic E-state index is 12.1. The van der Waals surface area contributed by atoms with Crippen molar-refractivity contribution < 1.29 is 18.5 Å². The Balaban J connectivity index is 2.76. The summed E-state index contributed by atoms with van der Waals surface area (Å²) in [5.74, 6) is -0.746. The molecule has 2 unspecified atom stereocenters. The number of methoxy groups -OCH3 is 1. The van der Waals surface area contributed by atoms with Crippen molar-refractivity contribution in [1.29, 1.82) is 0 Å². The Bertz CT molecular complexity index is 546. The number of amides is 1. The van der Waals surface area contributed by atoms with Crippen molar-refractivity contribution in [1.82, 2.24) is 4.72 Å². The molecule has 7 heteroatoms. The minimum atomic E-state index is -1.77. The second-order valence-corrected chi connectivity index (χ2v) is 6.20. The molecule has 0 bridgehead atoms. The molecule has 2 atom stereocenters. The van der Waals surface area contributed by atoms with Gasteiger partial charge in [0.2, 0.25) is 5.91 Å². The van der Waals surface area contributed by atoms with Gasteiger partial charge in [-0.05, 0) is 30.5 Å². The maximum Gasteiger partial charge on any atom is 0.337 e. The maximum atomic E-state index is 12.1. The number of ether oxygens (including phenoxy) is 1. The first-order chi connectivity index (χ1) is 9.85. The van der Waals surface area contributed by atoms with Crippen molar-refractivity contribution in [3.8, 4) is 0 Å². The van der Waals surface area contributed by atoms with Gasteiger partial charge in [0.25, 0.3) is 0 Å². The molecule has 0 saturated carbocycles. The molecule has 6 nitrogen and oxygen atoms in total. The molecule has 116 valence electrons. The average molecular weight is 312 g/mol. The summed E-state index contributed by atoms with van der Waals surface area (Å²) in [6.45, 7) is 3.90. The smallest absolute Gasteiger partial charge is 0.337 e. The molecule has 1 rings (SSSR count). The lowest BCUT2D eigenvalue weighted by Crippen LogP contribution is -2.42. The largest absolute Gasteiger partial charge is 0.465 e. The third-order valence-electron chi connectivity index (χ3n) is 2.72. The molecular formula is C14H20N2O4S. The summed E-state index contributed by atoms with van der Waals surface area (Å²) in [7, 11) is -0.502. The highest BCUT2D eigenvalue weighted by Crippen LogP contribution is 2.10. The average Bonchev–Trinajstić information content (AvgIpc) is 2.45. The molecule has 1 aromatic carbocycles. The summed E-state index contributed by atoms with van der Waals surface area (Å²) in [5, 5.41) is 0. The van der Waals surface area contributed by atoms with E-state index in [0.717, 1.165) is 0 Å². The molecule has 0 saturated heterocycles. The van der Waals surface area contributed by atoms with Gasteiger partial charge in [-0.1, -0.05) is 19.9 Å². The van der Waals surface area contributed by atoms with E-state index in [9.17, 15) is 13.8 Å². The van der Waals surface area contributed by atoms with Crippen molar-refractivity contribution in [2.75, 3.05) is 7.11 Å². The van der Waals surface area contributed by atoms with Gasteiger partial charge in [0.15, 0.2) is 11.0 Å². The molecule has 1 aromatic rings. The Morgan fingerprint density at radius 1 is 1.38 bits per heavy atom. The minimum Gasteiger partial charge on any atom is -0.465 e. The first-order valence-corrected chi connectivity index (χ1v) is 7.66. The number of esters is 1. The van der Waals surface area contributed by atoms with Crippen molar-refractivity contribution >= 4 is 22.9 Å². The van der Waals surface area contributed by atoms with E-state index in [1.807, 2.05) is 13.8 Å². The van der Waals surface area contributed by atoms with E-state index in [2.05, 4.69) is 9.46 Å². The predicted octanol–water partition coefficient (Wildman–Crippen LogP) is 0.985. The molecule has 3 N–H and O–H groups in total. The van der Waals surface area contributed by atoms with Crippen LogP contribution in [-0.2, 0) is 20.5 Å². The van der Waals surface area contributed by atoms with E-state index in [4.69, 9.17) is 5.73 Å². The number of carbonyl (C=O) groups is 2. The topological polar surface area (TPSA) is 98.5 Å². The Morgan fingerprint density at radius 3 is 2.62 bits per heavy atom. The monoisotopic (exact) mass is 312 g/mol. The Labute approximate surface area is 126 Å². The molecule has 0 radical (unpaired) electrons. The van der Waals surface area contributed by atoms with E-state index >= 15 is 0 Å². The summed E-state index contributed by atoms with van der Waals surface area (Å²) < 4.78 is 19.0. The number of nitrogens with one attached hydrogen (secondary N) is 1. The zero-order valence-electron chi connectivity index (χ0n) is 12.3. The van der Waals surface area contributed by atoms with Gasteiger partial charge in [-0.15, -0.1) is 0 Å². The molecule has 0 aliphatic rings. The predicted molar refractivity (Wildman–Crippen MR) is 79.8 cm³/mol. The van der Waals surface area contributed by atoms with Crippen LogP contribution in [0.2, 0.25) is 0 Å².